The van der Waals surface area contributed by atoms with Gasteiger partial charge >= 0.3 is 0 Å². The third-order valence-corrected chi connectivity index (χ3v) is 3.76. The molecule has 6 nitrogen and oxygen atoms in total. The zero-order valence-corrected chi connectivity index (χ0v) is 13.2. The van der Waals surface area contributed by atoms with E-state index in [9.17, 15) is 9.90 Å². The van der Waals surface area contributed by atoms with E-state index < -0.39 is 5.60 Å². The van der Waals surface area contributed by atoms with Crippen LogP contribution in [0.4, 0.5) is 0 Å². The minimum absolute atomic E-state index is 0.137. The van der Waals surface area contributed by atoms with Gasteiger partial charge in [-0.3, -0.25) is 4.79 Å². The molecule has 22 heavy (non-hydrogen) atoms. The summed E-state index contributed by atoms with van der Waals surface area (Å²) in [6.07, 6.45) is 6.53. The lowest BCUT2D eigenvalue weighted by atomic mass is 9.89. The van der Waals surface area contributed by atoms with Crippen LogP contribution in [0.5, 0.6) is 0 Å². The van der Waals surface area contributed by atoms with Gasteiger partial charge in [0.2, 0.25) is 5.91 Å². The number of fused-ring (bicyclic) bond motifs is 1. The maximum absolute atomic E-state index is 12.1. The summed E-state index contributed by atoms with van der Waals surface area (Å²) in [4.78, 5) is 16.3. The highest BCUT2D eigenvalue weighted by Crippen LogP contribution is 2.23. The van der Waals surface area contributed by atoms with E-state index in [1.54, 1.807) is 16.9 Å². The van der Waals surface area contributed by atoms with Crippen LogP contribution in [0.15, 0.2) is 24.5 Å². The highest BCUT2D eigenvalue weighted by molar-refractivity contribution is 5.77. The van der Waals surface area contributed by atoms with E-state index in [1.165, 1.54) is 0 Å². The van der Waals surface area contributed by atoms with Crippen molar-refractivity contribution in [3.05, 3.63) is 30.2 Å². The molecule has 0 saturated heterocycles. The van der Waals surface area contributed by atoms with Crippen molar-refractivity contribution in [1.29, 1.82) is 0 Å². The molecule has 0 fully saturated rings. The van der Waals surface area contributed by atoms with Crippen LogP contribution in [0, 0.1) is 0 Å². The molecule has 0 aliphatic rings. The molecule has 0 radical (unpaired) electrons. The molecule has 0 saturated carbocycles. The first-order valence-electron chi connectivity index (χ1n) is 7.84. The highest BCUT2D eigenvalue weighted by atomic mass is 16.3. The maximum Gasteiger partial charge on any atom is 0.223 e. The Kier molecular flexibility index (Phi) is 5.49. The first-order valence-corrected chi connectivity index (χ1v) is 7.84. The number of amides is 1. The third-order valence-electron chi connectivity index (χ3n) is 3.76. The zero-order chi connectivity index (χ0) is 16.0. The van der Waals surface area contributed by atoms with E-state index >= 15 is 0 Å². The summed E-state index contributed by atoms with van der Waals surface area (Å²) in [5.74, 6) is -0.137. The van der Waals surface area contributed by atoms with Crippen molar-refractivity contribution in [1.82, 2.24) is 19.9 Å². The van der Waals surface area contributed by atoms with Gasteiger partial charge in [-0.05, 0) is 18.9 Å². The standard InChI is InChI=1S/C16H24N4O2/c1-3-7-16(22,8-4-2)11-15(21)18-12-13-5-9-17-14-6-10-19-20(13)14/h5-6,9-10,22H,3-4,7-8,11-12H2,1-2H3,(H,18,21). The predicted octanol–water partition coefficient (Wildman–Crippen LogP) is 2.07. The summed E-state index contributed by atoms with van der Waals surface area (Å²) in [6.45, 7) is 4.40. The first-order chi connectivity index (χ1) is 10.6. The van der Waals surface area contributed by atoms with E-state index in [-0.39, 0.29) is 12.3 Å². The molecule has 120 valence electrons. The SMILES string of the molecule is CCCC(O)(CCC)CC(=O)NCc1ccnc2ccnn12. The molecule has 6 heteroatoms. The Morgan fingerprint density at radius 2 is 2.00 bits per heavy atom. The van der Waals surface area contributed by atoms with Crippen molar-refractivity contribution in [2.45, 2.75) is 58.1 Å². The van der Waals surface area contributed by atoms with E-state index in [2.05, 4.69) is 15.4 Å². The summed E-state index contributed by atoms with van der Waals surface area (Å²) in [5, 5.41) is 17.6. The number of nitrogens with zero attached hydrogens (tertiary/aromatic N) is 3. The fourth-order valence-corrected chi connectivity index (χ4v) is 2.80. The topological polar surface area (TPSA) is 79.5 Å². The average molecular weight is 304 g/mol. The Hall–Kier alpha value is -1.95. The lowest BCUT2D eigenvalue weighted by molar-refractivity contribution is -0.127. The Balaban J connectivity index is 1.96. The van der Waals surface area contributed by atoms with E-state index in [1.807, 2.05) is 26.0 Å². The largest absolute Gasteiger partial charge is 0.389 e. The monoisotopic (exact) mass is 304 g/mol. The fraction of sp³-hybridized carbons (Fsp3) is 0.562. The van der Waals surface area contributed by atoms with Gasteiger partial charge in [-0.1, -0.05) is 26.7 Å². The molecule has 0 aliphatic carbocycles. The van der Waals surface area contributed by atoms with E-state index in [4.69, 9.17) is 0 Å². The van der Waals surface area contributed by atoms with Gasteiger partial charge in [-0.15, -0.1) is 0 Å². The Morgan fingerprint density at radius 1 is 1.27 bits per heavy atom. The molecule has 2 aromatic rings. The molecule has 0 spiro atoms. The average Bonchev–Trinajstić information content (AvgIpc) is 2.94. The maximum atomic E-state index is 12.1. The number of hydrogen-bond donors (Lipinski definition) is 2. The number of aromatic nitrogens is 3. The van der Waals surface area contributed by atoms with Gasteiger partial charge in [-0.25, -0.2) is 9.50 Å². The van der Waals surface area contributed by atoms with Crippen LogP contribution in [-0.2, 0) is 11.3 Å². The molecule has 0 aliphatic heterocycles. The van der Waals surface area contributed by atoms with Crippen LogP contribution in [0.25, 0.3) is 5.65 Å². The van der Waals surface area contributed by atoms with Crippen LogP contribution in [-0.4, -0.2) is 31.2 Å². The van der Waals surface area contributed by atoms with Gasteiger partial charge < -0.3 is 10.4 Å². The van der Waals surface area contributed by atoms with Gasteiger partial charge in [0.05, 0.1) is 30.5 Å². The summed E-state index contributed by atoms with van der Waals surface area (Å²) >= 11 is 0. The Morgan fingerprint density at radius 3 is 2.68 bits per heavy atom. The van der Waals surface area contributed by atoms with Crippen LogP contribution in [0.2, 0.25) is 0 Å². The predicted molar refractivity (Wildman–Crippen MR) is 84.2 cm³/mol. The first kappa shape index (κ1) is 16.4. The molecular formula is C16H24N4O2. The molecule has 0 aromatic carbocycles. The van der Waals surface area contributed by atoms with Gasteiger partial charge in [-0.2, -0.15) is 5.10 Å². The Bertz CT molecular complexity index is 617. The molecule has 0 unspecified atom stereocenters. The number of rotatable bonds is 8. The smallest absolute Gasteiger partial charge is 0.223 e. The van der Waals surface area contributed by atoms with Crippen molar-refractivity contribution >= 4 is 11.6 Å². The summed E-state index contributed by atoms with van der Waals surface area (Å²) < 4.78 is 1.70. The zero-order valence-electron chi connectivity index (χ0n) is 13.2. The minimum Gasteiger partial charge on any atom is -0.389 e. The van der Waals surface area contributed by atoms with Gasteiger partial charge in [0.25, 0.3) is 0 Å². The molecule has 2 N–H and O–H groups in total. The second-order valence-electron chi connectivity index (χ2n) is 5.72. The highest BCUT2D eigenvalue weighted by Gasteiger charge is 2.28. The van der Waals surface area contributed by atoms with Crippen molar-refractivity contribution < 1.29 is 9.90 Å². The molecule has 1 amide bonds. The van der Waals surface area contributed by atoms with Crippen molar-refractivity contribution in [2.75, 3.05) is 0 Å². The second kappa shape index (κ2) is 7.35. The van der Waals surface area contributed by atoms with Gasteiger partial charge in [0.15, 0.2) is 5.65 Å². The summed E-state index contributed by atoms with van der Waals surface area (Å²) in [6, 6.07) is 3.64. The molecular weight excluding hydrogens is 280 g/mol. The van der Waals surface area contributed by atoms with E-state index in [0.717, 1.165) is 24.2 Å². The van der Waals surface area contributed by atoms with Crippen molar-refractivity contribution in [3.8, 4) is 0 Å². The number of carbonyl (C=O) groups is 1. The molecule has 2 heterocycles. The number of nitrogens with one attached hydrogen (secondary N) is 1. The van der Waals surface area contributed by atoms with Gasteiger partial charge in [0.1, 0.15) is 0 Å². The summed E-state index contributed by atoms with van der Waals surface area (Å²) in [5.41, 5.74) is 0.713. The lowest BCUT2D eigenvalue weighted by Gasteiger charge is -2.26. The third kappa shape index (κ3) is 4.04. The number of carbonyl (C=O) groups excluding carboxylic acids is 1. The number of aliphatic hydroxyl groups is 1. The molecule has 2 rings (SSSR count). The Labute approximate surface area is 130 Å². The van der Waals surface area contributed by atoms with Crippen molar-refractivity contribution in [2.24, 2.45) is 0 Å². The second-order valence-corrected chi connectivity index (χ2v) is 5.72. The van der Waals surface area contributed by atoms with E-state index in [0.29, 0.717) is 19.4 Å². The molecule has 0 bridgehead atoms. The van der Waals surface area contributed by atoms with Crippen LogP contribution < -0.4 is 5.32 Å². The lowest BCUT2D eigenvalue weighted by Crippen LogP contribution is -2.36. The van der Waals surface area contributed by atoms with Gasteiger partial charge in [0, 0.05) is 12.3 Å². The van der Waals surface area contributed by atoms with Crippen LogP contribution in [0.3, 0.4) is 0 Å². The molecule has 0 atom stereocenters. The van der Waals surface area contributed by atoms with Crippen LogP contribution >= 0.6 is 0 Å². The normalized spacial score (nSPS) is 11.8. The fourth-order valence-electron chi connectivity index (χ4n) is 2.80. The number of hydrogen-bond acceptors (Lipinski definition) is 4. The molecule has 2 aromatic heterocycles. The quantitative estimate of drug-likeness (QED) is 0.782. The minimum atomic E-state index is -0.896. The summed E-state index contributed by atoms with van der Waals surface area (Å²) in [7, 11) is 0. The van der Waals surface area contributed by atoms with Crippen LogP contribution in [0.1, 0.15) is 51.6 Å². The van der Waals surface area contributed by atoms with Crippen molar-refractivity contribution in [3.63, 3.8) is 0 Å².